The topological polar surface area (TPSA) is 90.6 Å². The number of carbonyl (C=O) groups excluding carboxylic acids is 1. The van der Waals surface area contributed by atoms with Crippen LogP contribution in [0.3, 0.4) is 0 Å². The van der Waals surface area contributed by atoms with Crippen molar-refractivity contribution in [3.8, 4) is 5.75 Å². The Morgan fingerprint density at radius 1 is 1.38 bits per heavy atom. The average molecular weight is 372 g/mol. The van der Waals surface area contributed by atoms with Gasteiger partial charge in [-0.05, 0) is 19.1 Å². The Morgan fingerprint density at radius 2 is 2.19 bits per heavy atom. The van der Waals surface area contributed by atoms with E-state index >= 15 is 0 Å². The van der Waals surface area contributed by atoms with Crippen LogP contribution in [0.15, 0.2) is 29.1 Å². The molecule has 0 aliphatic carbocycles. The molecule has 0 bridgehead atoms. The van der Waals surface area contributed by atoms with E-state index in [1.165, 1.54) is 15.9 Å². The van der Waals surface area contributed by atoms with E-state index in [1.807, 2.05) is 24.3 Å². The lowest BCUT2D eigenvalue weighted by Crippen LogP contribution is -2.30. The van der Waals surface area contributed by atoms with Gasteiger partial charge in [0.05, 0.1) is 42.3 Å². The molecular formula is C18H16N2O5S. The molecule has 3 aromatic rings. The van der Waals surface area contributed by atoms with Crippen LogP contribution in [0.2, 0.25) is 0 Å². The number of thiazole rings is 1. The third-order valence-corrected chi connectivity index (χ3v) is 5.27. The van der Waals surface area contributed by atoms with Crippen LogP contribution in [0.5, 0.6) is 5.75 Å². The fourth-order valence-electron chi connectivity index (χ4n) is 3.05. The van der Waals surface area contributed by atoms with Gasteiger partial charge in [-0.3, -0.25) is 4.79 Å². The summed E-state index contributed by atoms with van der Waals surface area (Å²) in [6.45, 7) is 2.31. The summed E-state index contributed by atoms with van der Waals surface area (Å²) in [4.78, 5) is 29.6. The van der Waals surface area contributed by atoms with E-state index in [1.54, 1.807) is 6.92 Å². The molecule has 0 amide bonds. The van der Waals surface area contributed by atoms with Gasteiger partial charge in [-0.15, -0.1) is 11.3 Å². The Bertz CT molecular complexity index is 1040. The minimum absolute atomic E-state index is 0.114. The van der Waals surface area contributed by atoms with E-state index < -0.39 is 11.5 Å². The number of carbonyl (C=O) groups is 1. The zero-order valence-electron chi connectivity index (χ0n) is 14.0. The highest BCUT2D eigenvalue weighted by molar-refractivity contribution is 7.18. The molecule has 0 atom stereocenters. The maximum atomic E-state index is 12.9. The molecule has 2 aromatic heterocycles. The summed E-state index contributed by atoms with van der Waals surface area (Å²) < 4.78 is 12.8. The number of para-hydroxylation sites is 1. The van der Waals surface area contributed by atoms with Crippen molar-refractivity contribution in [2.75, 3.05) is 6.61 Å². The van der Waals surface area contributed by atoms with Crippen molar-refractivity contribution in [1.82, 2.24) is 9.55 Å². The number of ether oxygens (including phenoxy) is 2. The molecule has 26 heavy (non-hydrogen) atoms. The zero-order valence-corrected chi connectivity index (χ0v) is 14.8. The first-order chi connectivity index (χ1) is 12.6. The number of rotatable bonds is 4. The molecule has 1 aromatic carbocycles. The first kappa shape index (κ1) is 16.7. The SMILES string of the molecule is CCOC(=O)c1c(O)c2c(n(Cc3nc4ccccc4s3)c1=O)COC2. The third-order valence-electron chi connectivity index (χ3n) is 4.25. The molecule has 0 saturated heterocycles. The smallest absolute Gasteiger partial charge is 0.347 e. The lowest BCUT2D eigenvalue weighted by atomic mass is 10.1. The fraction of sp³-hybridized carbons (Fsp3) is 0.278. The summed E-state index contributed by atoms with van der Waals surface area (Å²) >= 11 is 1.48. The van der Waals surface area contributed by atoms with Crippen molar-refractivity contribution in [3.05, 3.63) is 56.4 Å². The lowest BCUT2D eigenvalue weighted by Gasteiger charge is -2.14. The number of benzene rings is 1. The molecule has 8 heteroatoms. The van der Waals surface area contributed by atoms with Gasteiger partial charge in [-0.25, -0.2) is 9.78 Å². The van der Waals surface area contributed by atoms with Crippen LogP contribution in [-0.2, 0) is 29.2 Å². The van der Waals surface area contributed by atoms with Crippen molar-refractivity contribution in [3.63, 3.8) is 0 Å². The van der Waals surface area contributed by atoms with Gasteiger partial charge < -0.3 is 19.1 Å². The van der Waals surface area contributed by atoms with Crippen LogP contribution in [0.25, 0.3) is 10.2 Å². The molecule has 3 heterocycles. The fourth-order valence-corrected chi connectivity index (χ4v) is 4.01. The van der Waals surface area contributed by atoms with Crippen LogP contribution in [-0.4, -0.2) is 27.2 Å². The van der Waals surface area contributed by atoms with Gasteiger partial charge in [0.15, 0.2) is 5.56 Å². The number of fused-ring (bicyclic) bond motifs is 2. The number of aromatic hydroxyl groups is 1. The summed E-state index contributed by atoms with van der Waals surface area (Å²) in [5.41, 5.74) is 0.938. The lowest BCUT2D eigenvalue weighted by molar-refractivity contribution is 0.0519. The van der Waals surface area contributed by atoms with E-state index in [0.717, 1.165) is 15.2 Å². The first-order valence-corrected chi connectivity index (χ1v) is 8.98. The molecule has 0 saturated carbocycles. The molecule has 0 radical (unpaired) electrons. The van der Waals surface area contributed by atoms with Crippen molar-refractivity contribution in [2.24, 2.45) is 0 Å². The molecule has 1 N–H and O–H groups in total. The standard InChI is InChI=1S/C18H16N2O5S/c1-2-25-18(23)15-16(21)10-8-24-9-12(10)20(17(15)22)7-14-19-11-5-3-4-6-13(11)26-14/h3-6,21H,2,7-9H2,1H3. The van der Waals surface area contributed by atoms with E-state index in [2.05, 4.69) is 4.98 Å². The Balaban J connectivity index is 1.85. The monoisotopic (exact) mass is 372 g/mol. The molecule has 134 valence electrons. The number of hydrogen-bond acceptors (Lipinski definition) is 7. The van der Waals surface area contributed by atoms with Crippen LogP contribution >= 0.6 is 11.3 Å². The van der Waals surface area contributed by atoms with Gasteiger partial charge in [0.25, 0.3) is 5.56 Å². The molecule has 0 unspecified atom stereocenters. The summed E-state index contributed by atoms with van der Waals surface area (Å²) in [6, 6.07) is 7.71. The van der Waals surface area contributed by atoms with E-state index in [9.17, 15) is 14.7 Å². The predicted molar refractivity (Wildman–Crippen MR) is 95.5 cm³/mol. The molecule has 4 rings (SSSR count). The van der Waals surface area contributed by atoms with Gasteiger partial charge in [0, 0.05) is 5.56 Å². The number of pyridine rings is 1. The Hall–Kier alpha value is -2.71. The molecule has 0 spiro atoms. The second-order valence-corrected chi connectivity index (χ2v) is 6.94. The summed E-state index contributed by atoms with van der Waals surface area (Å²) in [5, 5.41) is 11.1. The largest absolute Gasteiger partial charge is 0.506 e. The van der Waals surface area contributed by atoms with Crippen LogP contribution in [0.4, 0.5) is 0 Å². The number of hydrogen-bond donors (Lipinski definition) is 1. The molecule has 7 nitrogen and oxygen atoms in total. The summed E-state index contributed by atoms with van der Waals surface area (Å²) in [7, 11) is 0. The Morgan fingerprint density at radius 3 is 2.96 bits per heavy atom. The van der Waals surface area contributed by atoms with Gasteiger partial charge in [-0.1, -0.05) is 12.1 Å². The maximum absolute atomic E-state index is 12.9. The average Bonchev–Trinajstić information content (AvgIpc) is 3.25. The minimum atomic E-state index is -0.831. The highest BCUT2D eigenvalue weighted by Gasteiger charge is 2.29. The molecule has 1 aliphatic rings. The van der Waals surface area contributed by atoms with Gasteiger partial charge >= 0.3 is 5.97 Å². The number of aromatic nitrogens is 2. The van der Waals surface area contributed by atoms with Crippen molar-refractivity contribution in [1.29, 1.82) is 0 Å². The van der Waals surface area contributed by atoms with Crippen LogP contribution in [0, 0.1) is 0 Å². The Kier molecular flexibility index (Phi) is 4.21. The number of nitrogens with zero attached hydrogens (tertiary/aromatic N) is 2. The summed E-state index contributed by atoms with van der Waals surface area (Å²) in [6.07, 6.45) is 0. The Labute approximate surface area is 152 Å². The second kappa shape index (κ2) is 6.54. The van der Waals surface area contributed by atoms with E-state index in [0.29, 0.717) is 11.3 Å². The number of esters is 1. The molecule has 1 aliphatic heterocycles. The molecule has 0 fully saturated rings. The highest BCUT2D eigenvalue weighted by Crippen LogP contribution is 2.31. The zero-order chi connectivity index (χ0) is 18.3. The quantitative estimate of drug-likeness (QED) is 0.708. The minimum Gasteiger partial charge on any atom is -0.506 e. The van der Waals surface area contributed by atoms with Crippen LogP contribution < -0.4 is 5.56 Å². The highest BCUT2D eigenvalue weighted by atomic mass is 32.1. The predicted octanol–water partition coefficient (Wildman–Crippen LogP) is 2.42. The first-order valence-electron chi connectivity index (χ1n) is 8.17. The van der Waals surface area contributed by atoms with Gasteiger partial charge in [0.2, 0.25) is 0 Å². The maximum Gasteiger partial charge on any atom is 0.347 e. The van der Waals surface area contributed by atoms with Crippen molar-refractivity contribution in [2.45, 2.75) is 26.7 Å². The molecular weight excluding hydrogens is 356 g/mol. The second-order valence-electron chi connectivity index (χ2n) is 5.83. The van der Waals surface area contributed by atoms with Gasteiger partial charge in [0.1, 0.15) is 10.8 Å². The normalized spacial score (nSPS) is 13.1. The summed E-state index contributed by atoms with van der Waals surface area (Å²) in [5.74, 6) is -1.18. The van der Waals surface area contributed by atoms with Crippen LogP contribution in [0.1, 0.15) is 33.5 Å². The van der Waals surface area contributed by atoms with Crippen molar-refractivity contribution < 1.29 is 19.4 Å². The van der Waals surface area contributed by atoms with E-state index in [4.69, 9.17) is 9.47 Å². The van der Waals surface area contributed by atoms with Crippen molar-refractivity contribution >= 4 is 27.5 Å². The van der Waals surface area contributed by atoms with E-state index in [-0.39, 0.29) is 37.7 Å². The van der Waals surface area contributed by atoms with Gasteiger partial charge in [-0.2, -0.15) is 0 Å². The third kappa shape index (κ3) is 2.67.